The third kappa shape index (κ3) is 6.21. The normalized spacial score (nSPS) is 11.4. The summed E-state index contributed by atoms with van der Waals surface area (Å²) < 4.78 is 5.07. The molecule has 0 aromatic heterocycles. The maximum Gasteiger partial charge on any atom is 0.328 e. The van der Waals surface area contributed by atoms with E-state index >= 15 is 0 Å². The van der Waals surface area contributed by atoms with Crippen LogP contribution in [0.25, 0.3) is 0 Å². The topological polar surface area (TPSA) is 105 Å². The molecule has 7 nitrogen and oxygen atoms in total. The zero-order valence-electron chi connectivity index (χ0n) is 13.6. The summed E-state index contributed by atoms with van der Waals surface area (Å²) in [5.74, 6) is -2.07. The van der Waals surface area contributed by atoms with Gasteiger partial charge in [-0.25, -0.2) is 4.79 Å². The van der Waals surface area contributed by atoms with Gasteiger partial charge in [-0.05, 0) is 24.6 Å². The van der Waals surface area contributed by atoms with Gasteiger partial charge in [-0.15, -0.1) is 6.58 Å². The van der Waals surface area contributed by atoms with Crippen LogP contribution in [0, 0.1) is 0 Å². The lowest BCUT2D eigenvalue weighted by molar-refractivity contribution is -0.140. The lowest BCUT2D eigenvalue weighted by Crippen LogP contribution is -2.44. The number of amides is 2. The van der Waals surface area contributed by atoms with Crippen LogP contribution in [-0.2, 0) is 9.53 Å². The fourth-order valence-electron chi connectivity index (χ4n) is 1.83. The Hall–Kier alpha value is -2.67. The molecule has 1 rings (SSSR count). The quantitative estimate of drug-likeness (QED) is 0.441. The van der Waals surface area contributed by atoms with Crippen molar-refractivity contribution in [3.63, 3.8) is 0 Å². The standard InChI is InChI=1S/C17H22N2O5/c1-3-8-18-15(20)12-6-5-7-13(10-12)16(21)19-14(17(22)23)11-24-9-4-2/h4-7,10,14H,2-3,8-9,11H2,1H3,(H,18,20)(H,19,21)(H,22,23). The number of ether oxygens (including phenoxy) is 1. The van der Waals surface area contributed by atoms with Gasteiger partial charge in [-0.2, -0.15) is 0 Å². The van der Waals surface area contributed by atoms with Crippen molar-refractivity contribution in [3.8, 4) is 0 Å². The van der Waals surface area contributed by atoms with E-state index in [0.717, 1.165) is 6.42 Å². The van der Waals surface area contributed by atoms with Crippen LogP contribution >= 0.6 is 0 Å². The van der Waals surface area contributed by atoms with Crippen molar-refractivity contribution in [2.24, 2.45) is 0 Å². The van der Waals surface area contributed by atoms with Gasteiger partial charge in [0.1, 0.15) is 0 Å². The molecule has 2 amide bonds. The van der Waals surface area contributed by atoms with Crippen LogP contribution < -0.4 is 10.6 Å². The molecule has 0 heterocycles. The summed E-state index contributed by atoms with van der Waals surface area (Å²) in [6, 6.07) is 4.90. The third-order valence-corrected chi connectivity index (χ3v) is 3.05. The Morgan fingerprint density at radius 2 is 1.96 bits per heavy atom. The van der Waals surface area contributed by atoms with E-state index in [9.17, 15) is 14.4 Å². The first-order valence-corrected chi connectivity index (χ1v) is 7.60. The fourth-order valence-corrected chi connectivity index (χ4v) is 1.83. The molecule has 24 heavy (non-hydrogen) atoms. The minimum atomic E-state index is -1.20. The first kappa shape index (κ1) is 19.4. The average molecular weight is 334 g/mol. The van der Waals surface area contributed by atoms with Crippen LogP contribution in [0.2, 0.25) is 0 Å². The summed E-state index contributed by atoms with van der Waals surface area (Å²) >= 11 is 0. The van der Waals surface area contributed by atoms with E-state index in [2.05, 4.69) is 17.2 Å². The molecule has 3 N–H and O–H groups in total. The van der Waals surface area contributed by atoms with Crippen molar-refractivity contribution >= 4 is 17.8 Å². The maximum atomic E-state index is 12.2. The van der Waals surface area contributed by atoms with Gasteiger partial charge >= 0.3 is 5.97 Å². The van der Waals surface area contributed by atoms with Crippen LogP contribution in [0.5, 0.6) is 0 Å². The lowest BCUT2D eigenvalue weighted by atomic mass is 10.1. The van der Waals surface area contributed by atoms with Gasteiger partial charge in [-0.1, -0.05) is 19.1 Å². The second-order valence-corrected chi connectivity index (χ2v) is 5.03. The Bertz CT molecular complexity index is 600. The molecule has 0 saturated carbocycles. The molecule has 1 unspecified atom stereocenters. The third-order valence-electron chi connectivity index (χ3n) is 3.05. The number of benzene rings is 1. The Kier molecular flexibility index (Phi) is 8.21. The van der Waals surface area contributed by atoms with Gasteiger partial charge in [-0.3, -0.25) is 9.59 Å². The summed E-state index contributed by atoms with van der Waals surface area (Å²) in [6.07, 6.45) is 2.29. The molecule has 0 aliphatic heterocycles. The average Bonchev–Trinajstić information content (AvgIpc) is 2.58. The lowest BCUT2D eigenvalue weighted by Gasteiger charge is -2.14. The molecule has 1 aromatic carbocycles. The van der Waals surface area contributed by atoms with E-state index < -0.39 is 17.9 Å². The molecule has 130 valence electrons. The summed E-state index contributed by atoms with van der Waals surface area (Å²) in [6.45, 7) is 5.94. The number of carbonyl (C=O) groups is 3. The first-order valence-electron chi connectivity index (χ1n) is 7.60. The Morgan fingerprint density at radius 3 is 2.54 bits per heavy atom. The summed E-state index contributed by atoms with van der Waals surface area (Å²) in [5, 5.41) is 14.2. The highest BCUT2D eigenvalue weighted by Crippen LogP contribution is 2.06. The van der Waals surface area contributed by atoms with E-state index in [4.69, 9.17) is 9.84 Å². The Morgan fingerprint density at radius 1 is 1.29 bits per heavy atom. The van der Waals surface area contributed by atoms with Crippen LogP contribution in [0.1, 0.15) is 34.1 Å². The van der Waals surface area contributed by atoms with Crippen molar-refractivity contribution in [1.82, 2.24) is 10.6 Å². The van der Waals surface area contributed by atoms with Crippen molar-refractivity contribution in [2.75, 3.05) is 19.8 Å². The number of carboxylic acids is 1. The summed E-state index contributed by atoms with van der Waals surface area (Å²) in [5.41, 5.74) is 0.542. The maximum absolute atomic E-state index is 12.2. The van der Waals surface area contributed by atoms with Crippen molar-refractivity contribution in [3.05, 3.63) is 48.0 Å². The van der Waals surface area contributed by atoms with E-state index in [-0.39, 0.29) is 24.7 Å². The monoisotopic (exact) mass is 334 g/mol. The van der Waals surface area contributed by atoms with E-state index in [0.29, 0.717) is 12.1 Å². The number of carboxylic acid groups (broad SMARTS) is 1. The zero-order valence-corrected chi connectivity index (χ0v) is 13.6. The summed E-state index contributed by atoms with van der Waals surface area (Å²) in [7, 11) is 0. The van der Waals surface area contributed by atoms with Gasteiger partial charge in [0.05, 0.1) is 13.2 Å². The number of hydrogen-bond acceptors (Lipinski definition) is 4. The second kappa shape index (κ2) is 10.2. The summed E-state index contributed by atoms with van der Waals surface area (Å²) in [4.78, 5) is 35.3. The minimum absolute atomic E-state index is 0.177. The number of rotatable bonds is 10. The van der Waals surface area contributed by atoms with Gasteiger partial charge < -0.3 is 20.5 Å². The second-order valence-electron chi connectivity index (χ2n) is 5.03. The molecule has 0 bridgehead atoms. The molecule has 0 fully saturated rings. The Labute approximate surface area is 140 Å². The molecule has 0 spiro atoms. The van der Waals surface area contributed by atoms with E-state index in [1.807, 2.05) is 6.92 Å². The van der Waals surface area contributed by atoms with Gasteiger partial charge in [0.2, 0.25) is 0 Å². The smallest absolute Gasteiger partial charge is 0.328 e. The van der Waals surface area contributed by atoms with E-state index in [1.54, 1.807) is 12.1 Å². The number of carbonyl (C=O) groups excluding carboxylic acids is 2. The number of aliphatic carboxylic acids is 1. The van der Waals surface area contributed by atoms with Crippen molar-refractivity contribution in [1.29, 1.82) is 0 Å². The molecule has 1 atom stereocenters. The molecule has 0 radical (unpaired) electrons. The highest BCUT2D eigenvalue weighted by molar-refractivity contribution is 6.00. The Balaban J connectivity index is 2.77. The van der Waals surface area contributed by atoms with Crippen molar-refractivity contribution < 1.29 is 24.2 Å². The molecule has 7 heteroatoms. The SMILES string of the molecule is C=CCOCC(NC(=O)c1cccc(C(=O)NCCC)c1)C(=O)O. The zero-order chi connectivity index (χ0) is 17.9. The first-order chi connectivity index (χ1) is 11.5. The molecule has 1 aromatic rings. The number of nitrogens with one attached hydrogen (secondary N) is 2. The number of hydrogen-bond donors (Lipinski definition) is 3. The molecule has 0 saturated heterocycles. The van der Waals surface area contributed by atoms with Crippen LogP contribution in [0.4, 0.5) is 0 Å². The van der Waals surface area contributed by atoms with Gasteiger partial charge in [0, 0.05) is 17.7 Å². The van der Waals surface area contributed by atoms with Crippen LogP contribution in [0.3, 0.4) is 0 Å². The van der Waals surface area contributed by atoms with Gasteiger partial charge in [0.25, 0.3) is 11.8 Å². The highest BCUT2D eigenvalue weighted by atomic mass is 16.5. The predicted molar refractivity (Wildman–Crippen MR) is 89.0 cm³/mol. The predicted octanol–water partition coefficient (Wildman–Crippen LogP) is 1.21. The van der Waals surface area contributed by atoms with E-state index in [1.165, 1.54) is 18.2 Å². The van der Waals surface area contributed by atoms with Crippen LogP contribution in [0.15, 0.2) is 36.9 Å². The molecular formula is C17H22N2O5. The van der Waals surface area contributed by atoms with Crippen LogP contribution in [-0.4, -0.2) is 48.7 Å². The highest BCUT2D eigenvalue weighted by Gasteiger charge is 2.21. The molecule has 0 aliphatic carbocycles. The molecule has 0 aliphatic rings. The fraction of sp³-hybridized carbons (Fsp3) is 0.353. The van der Waals surface area contributed by atoms with Crippen molar-refractivity contribution in [2.45, 2.75) is 19.4 Å². The van der Waals surface area contributed by atoms with Gasteiger partial charge in [0.15, 0.2) is 6.04 Å². The minimum Gasteiger partial charge on any atom is -0.480 e. The largest absolute Gasteiger partial charge is 0.480 e. The molecular weight excluding hydrogens is 312 g/mol.